The van der Waals surface area contributed by atoms with E-state index in [1.165, 1.54) is 0 Å². The summed E-state index contributed by atoms with van der Waals surface area (Å²) in [7, 11) is 0. The Labute approximate surface area is 131 Å². The number of phenolic OH excluding ortho intramolecular Hbond substituents is 1. The monoisotopic (exact) mass is 298 g/mol. The van der Waals surface area contributed by atoms with Gasteiger partial charge in [-0.25, -0.2) is 4.99 Å². The molecule has 2 rings (SSSR count). The summed E-state index contributed by atoms with van der Waals surface area (Å²) in [5.41, 5.74) is 2.11. The lowest BCUT2D eigenvalue weighted by molar-refractivity contribution is 0.475. The Balaban J connectivity index is 1.85. The molecule has 116 valence electrons. The summed E-state index contributed by atoms with van der Waals surface area (Å²) in [6.45, 7) is 4.19. The summed E-state index contributed by atoms with van der Waals surface area (Å²) < 4.78 is 0. The lowest BCUT2D eigenvalue weighted by atomic mass is 10.2. The van der Waals surface area contributed by atoms with Gasteiger partial charge in [0.25, 0.3) is 0 Å². The number of guanidine groups is 1. The van der Waals surface area contributed by atoms with Gasteiger partial charge in [-0.05, 0) is 36.8 Å². The van der Waals surface area contributed by atoms with Gasteiger partial charge in [0.05, 0.1) is 6.54 Å². The van der Waals surface area contributed by atoms with Crippen molar-refractivity contribution in [1.82, 2.24) is 15.6 Å². The molecule has 2 aromatic rings. The van der Waals surface area contributed by atoms with Crippen LogP contribution in [0.2, 0.25) is 0 Å². The fraction of sp³-hybridized carbons (Fsp3) is 0.294. The van der Waals surface area contributed by atoms with E-state index in [1.54, 1.807) is 18.3 Å². The summed E-state index contributed by atoms with van der Waals surface area (Å²) in [4.78, 5) is 8.84. The van der Waals surface area contributed by atoms with E-state index in [0.717, 1.165) is 36.7 Å². The van der Waals surface area contributed by atoms with Crippen molar-refractivity contribution in [2.24, 2.45) is 4.99 Å². The minimum absolute atomic E-state index is 0.271. The van der Waals surface area contributed by atoms with Crippen LogP contribution >= 0.6 is 0 Å². The van der Waals surface area contributed by atoms with Gasteiger partial charge in [0.2, 0.25) is 0 Å². The van der Waals surface area contributed by atoms with E-state index < -0.39 is 0 Å². The normalized spacial score (nSPS) is 11.2. The van der Waals surface area contributed by atoms with Crippen LogP contribution < -0.4 is 10.6 Å². The predicted molar refractivity (Wildman–Crippen MR) is 88.9 cm³/mol. The molecule has 0 amide bonds. The standard InChI is InChI=1S/C17H22N4O/c1-2-18-17(20-12-10-15-5-3-4-11-19-15)21-13-14-6-8-16(22)9-7-14/h3-9,11,22H,2,10,12-13H2,1H3,(H2,18,20,21). The van der Waals surface area contributed by atoms with Gasteiger partial charge in [0, 0.05) is 31.4 Å². The molecule has 0 aliphatic carbocycles. The molecule has 1 aromatic carbocycles. The van der Waals surface area contributed by atoms with E-state index >= 15 is 0 Å². The van der Waals surface area contributed by atoms with Gasteiger partial charge in [-0.15, -0.1) is 0 Å². The Bertz CT molecular complexity index is 581. The van der Waals surface area contributed by atoms with E-state index in [9.17, 15) is 5.11 Å². The first-order chi connectivity index (χ1) is 10.8. The second-order valence-electron chi connectivity index (χ2n) is 4.86. The number of nitrogens with one attached hydrogen (secondary N) is 2. The quantitative estimate of drug-likeness (QED) is 0.564. The molecular formula is C17H22N4O. The van der Waals surface area contributed by atoms with Gasteiger partial charge in [-0.2, -0.15) is 0 Å². The minimum Gasteiger partial charge on any atom is -0.508 e. The van der Waals surface area contributed by atoms with Crippen LogP contribution in [0.4, 0.5) is 0 Å². The van der Waals surface area contributed by atoms with Crippen molar-refractivity contribution in [3.05, 3.63) is 59.9 Å². The summed E-state index contributed by atoms with van der Waals surface area (Å²) in [6, 6.07) is 13.0. The van der Waals surface area contributed by atoms with E-state index in [-0.39, 0.29) is 5.75 Å². The average Bonchev–Trinajstić information content (AvgIpc) is 2.55. The maximum Gasteiger partial charge on any atom is 0.191 e. The first kappa shape index (κ1) is 15.8. The van der Waals surface area contributed by atoms with Crippen molar-refractivity contribution in [3.63, 3.8) is 0 Å². The van der Waals surface area contributed by atoms with Crippen molar-refractivity contribution in [1.29, 1.82) is 0 Å². The third kappa shape index (κ3) is 5.44. The Hall–Kier alpha value is -2.56. The van der Waals surface area contributed by atoms with Crippen LogP contribution in [0.5, 0.6) is 5.75 Å². The highest BCUT2D eigenvalue weighted by atomic mass is 16.3. The number of hydrogen-bond donors (Lipinski definition) is 3. The highest BCUT2D eigenvalue weighted by molar-refractivity contribution is 5.79. The molecule has 1 heterocycles. The Kier molecular flexibility index (Phi) is 6.23. The predicted octanol–water partition coefficient (Wildman–Crippen LogP) is 2.08. The number of aromatic hydroxyl groups is 1. The lowest BCUT2D eigenvalue weighted by Crippen LogP contribution is -2.38. The summed E-state index contributed by atoms with van der Waals surface area (Å²) >= 11 is 0. The Morgan fingerprint density at radius 3 is 2.64 bits per heavy atom. The molecule has 0 unspecified atom stereocenters. The van der Waals surface area contributed by atoms with E-state index in [1.807, 2.05) is 37.3 Å². The Morgan fingerprint density at radius 1 is 1.14 bits per heavy atom. The average molecular weight is 298 g/mol. The smallest absolute Gasteiger partial charge is 0.191 e. The number of rotatable bonds is 6. The third-order valence-corrected chi connectivity index (χ3v) is 3.10. The van der Waals surface area contributed by atoms with Crippen LogP contribution in [0.25, 0.3) is 0 Å². The largest absolute Gasteiger partial charge is 0.508 e. The number of pyridine rings is 1. The lowest BCUT2D eigenvalue weighted by Gasteiger charge is -2.11. The maximum absolute atomic E-state index is 9.28. The molecule has 0 bridgehead atoms. The Morgan fingerprint density at radius 2 is 1.95 bits per heavy atom. The van der Waals surface area contributed by atoms with Gasteiger partial charge in [0.1, 0.15) is 5.75 Å². The van der Waals surface area contributed by atoms with Gasteiger partial charge < -0.3 is 15.7 Å². The van der Waals surface area contributed by atoms with Crippen molar-refractivity contribution in [2.45, 2.75) is 19.9 Å². The zero-order valence-electron chi connectivity index (χ0n) is 12.8. The number of nitrogens with zero attached hydrogens (tertiary/aromatic N) is 2. The number of hydrogen-bond acceptors (Lipinski definition) is 3. The second-order valence-corrected chi connectivity index (χ2v) is 4.86. The minimum atomic E-state index is 0.271. The van der Waals surface area contributed by atoms with E-state index in [2.05, 4.69) is 20.6 Å². The van der Waals surface area contributed by atoms with Gasteiger partial charge in [-0.1, -0.05) is 18.2 Å². The van der Waals surface area contributed by atoms with Crippen LogP contribution in [0, 0.1) is 0 Å². The molecule has 0 saturated carbocycles. The zero-order valence-corrected chi connectivity index (χ0v) is 12.8. The SMILES string of the molecule is CCNC(=NCc1ccc(O)cc1)NCCc1ccccn1. The van der Waals surface area contributed by atoms with E-state index in [4.69, 9.17) is 0 Å². The van der Waals surface area contributed by atoms with Gasteiger partial charge >= 0.3 is 0 Å². The fourth-order valence-corrected chi connectivity index (χ4v) is 1.97. The summed E-state index contributed by atoms with van der Waals surface area (Å²) in [6.07, 6.45) is 2.66. The van der Waals surface area contributed by atoms with Gasteiger partial charge in [0.15, 0.2) is 5.96 Å². The number of benzene rings is 1. The van der Waals surface area contributed by atoms with Crippen LogP contribution in [0.1, 0.15) is 18.2 Å². The van der Waals surface area contributed by atoms with Crippen LogP contribution in [0.3, 0.4) is 0 Å². The molecular weight excluding hydrogens is 276 g/mol. The molecule has 0 aliphatic heterocycles. The highest BCUT2D eigenvalue weighted by Crippen LogP contribution is 2.10. The molecule has 0 atom stereocenters. The van der Waals surface area contributed by atoms with Crippen molar-refractivity contribution < 1.29 is 5.11 Å². The van der Waals surface area contributed by atoms with Gasteiger partial charge in [-0.3, -0.25) is 4.98 Å². The molecule has 0 radical (unpaired) electrons. The third-order valence-electron chi connectivity index (χ3n) is 3.10. The number of aliphatic imine (C=N–C) groups is 1. The van der Waals surface area contributed by atoms with Crippen LogP contribution in [0.15, 0.2) is 53.7 Å². The molecule has 3 N–H and O–H groups in total. The van der Waals surface area contributed by atoms with Crippen LogP contribution in [-0.2, 0) is 13.0 Å². The van der Waals surface area contributed by atoms with Crippen molar-refractivity contribution in [3.8, 4) is 5.75 Å². The molecule has 5 nitrogen and oxygen atoms in total. The second kappa shape index (κ2) is 8.67. The topological polar surface area (TPSA) is 69.5 Å². The molecule has 0 spiro atoms. The van der Waals surface area contributed by atoms with Crippen molar-refractivity contribution >= 4 is 5.96 Å². The molecule has 0 aliphatic rings. The molecule has 0 saturated heterocycles. The fourth-order valence-electron chi connectivity index (χ4n) is 1.97. The summed E-state index contributed by atoms with van der Waals surface area (Å²) in [5, 5.41) is 15.8. The molecule has 5 heteroatoms. The molecule has 1 aromatic heterocycles. The molecule has 22 heavy (non-hydrogen) atoms. The molecule has 0 fully saturated rings. The first-order valence-corrected chi connectivity index (χ1v) is 7.48. The van der Waals surface area contributed by atoms with Crippen LogP contribution in [-0.4, -0.2) is 29.1 Å². The first-order valence-electron chi connectivity index (χ1n) is 7.48. The highest BCUT2D eigenvalue weighted by Gasteiger charge is 1.99. The van der Waals surface area contributed by atoms with Crippen molar-refractivity contribution in [2.75, 3.05) is 13.1 Å². The maximum atomic E-state index is 9.28. The summed E-state index contributed by atoms with van der Waals surface area (Å²) in [5.74, 6) is 1.06. The zero-order chi connectivity index (χ0) is 15.6. The van der Waals surface area contributed by atoms with E-state index in [0.29, 0.717) is 6.54 Å². The number of aromatic nitrogens is 1. The number of phenols is 1.